The van der Waals surface area contributed by atoms with Crippen LogP contribution in [0.15, 0.2) is 41.8 Å². The normalized spacial score (nSPS) is 16.9. The van der Waals surface area contributed by atoms with E-state index >= 15 is 0 Å². The third-order valence-electron chi connectivity index (χ3n) is 3.86. The molecule has 1 aliphatic heterocycles. The molecule has 0 saturated carbocycles. The van der Waals surface area contributed by atoms with E-state index in [1.165, 1.54) is 11.1 Å². The first-order chi connectivity index (χ1) is 10.7. The molecule has 1 aromatic heterocycles. The number of carbonyl (C=O) groups is 1. The average Bonchev–Trinajstić information content (AvgIpc) is 3.06. The van der Waals surface area contributed by atoms with Crippen LogP contribution in [0.25, 0.3) is 0 Å². The Kier molecular flexibility index (Phi) is 4.75. The smallest absolute Gasteiger partial charge is 0.317 e. The number of ether oxygens (including phenoxy) is 1. The highest BCUT2D eigenvalue weighted by molar-refractivity contribution is 7.09. The maximum absolute atomic E-state index is 12.1. The number of benzene rings is 1. The van der Waals surface area contributed by atoms with Crippen LogP contribution in [0.3, 0.4) is 0 Å². The second-order valence-corrected chi connectivity index (χ2v) is 6.56. The molecule has 0 spiro atoms. The van der Waals surface area contributed by atoms with Crippen molar-refractivity contribution in [2.45, 2.75) is 25.7 Å². The minimum Gasteiger partial charge on any atom is -0.371 e. The third kappa shape index (κ3) is 3.67. The number of nitrogens with one attached hydrogen (secondary N) is 1. The van der Waals surface area contributed by atoms with Crippen molar-refractivity contribution in [1.82, 2.24) is 10.2 Å². The van der Waals surface area contributed by atoms with Crippen LogP contribution in [0.5, 0.6) is 0 Å². The lowest BCUT2D eigenvalue weighted by Gasteiger charge is -2.29. The number of nitrogens with zero attached hydrogens (tertiary/aromatic N) is 1. The molecule has 1 atom stereocenters. The molecule has 4 nitrogen and oxygen atoms in total. The minimum atomic E-state index is -0.0594. The lowest BCUT2D eigenvalue weighted by atomic mass is 9.99. The van der Waals surface area contributed by atoms with Gasteiger partial charge in [0.05, 0.1) is 19.3 Å². The summed E-state index contributed by atoms with van der Waals surface area (Å²) in [6.07, 6.45) is 0.922. The number of rotatable bonds is 4. The highest BCUT2D eigenvalue weighted by Crippen LogP contribution is 2.20. The van der Waals surface area contributed by atoms with Crippen molar-refractivity contribution in [3.05, 3.63) is 57.8 Å². The maximum atomic E-state index is 12.1. The van der Waals surface area contributed by atoms with E-state index < -0.39 is 0 Å². The molecular formula is C17H20N2O2S. The number of hydrogen-bond acceptors (Lipinski definition) is 3. The summed E-state index contributed by atoms with van der Waals surface area (Å²) in [6, 6.07) is 12.3. The van der Waals surface area contributed by atoms with Gasteiger partial charge >= 0.3 is 6.03 Å². The molecule has 0 fully saturated rings. The van der Waals surface area contributed by atoms with Crippen LogP contribution in [0.2, 0.25) is 0 Å². The van der Waals surface area contributed by atoms with E-state index in [0.29, 0.717) is 19.7 Å². The van der Waals surface area contributed by atoms with Crippen LogP contribution in [0, 0.1) is 0 Å². The molecule has 5 heteroatoms. The lowest BCUT2D eigenvalue weighted by Crippen LogP contribution is -2.43. The van der Waals surface area contributed by atoms with Gasteiger partial charge in [-0.25, -0.2) is 4.79 Å². The first kappa shape index (κ1) is 15.1. The molecule has 22 heavy (non-hydrogen) atoms. The minimum absolute atomic E-state index is 0.0594. The zero-order chi connectivity index (χ0) is 15.4. The Bertz CT molecular complexity index is 627. The summed E-state index contributed by atoms with van der Waals surface area (Å²) >= 11 is 1.65. The molecule has 0 bridgehead atoms. The summed E-state index contributed by atoms with van der Waals surface area (Å²) in [5.74, 6) is 0. The predicted octanol–water partition coefficient (Wildman–Crippen LogP) is 3.03. The highest BCUT2D eigenvalue weighted by Gasteiger charge is 2.21. The molecule has 3 rings (SSSR count). The van der Waals surface area contributed by atoms with Gasteiger partial charge in [-0.05, 0) is 22.6 Å². The van der Waals surface area contributed by atoms with Crippen molar-refractivity contribution in [2.24, 2.45) is 0 Å². The SMILES string of the molecule is CN(CC1Cc2ccccc2CO1)C(=O)NCc1cccs1. The first-order valence-electron chi connectivity index (χ1n) is 7.42. The van der Waals surface area contributed by atoms with E-state index in [1.807, 2.05) is 30.6 Å². The standard InChI is InChI=1S/C17H20N2O2S/c1-19(17(20)18-10-16-7-4-8-22-16)11-15-9-13-5-2-3-6-14(13)12-21-15/h2-8,15H,9-12H2,1H3,(H,18,20). The van der Waals surface area contributed by atoms with Crippen LogP contribution >= 0.6 is 11.3 Å². The molecule has 2 amide bonds. The Balaban J connectivity index is 1.49. The molecular weight excluding hydrogens is 296 g/mol. The lowest BCUT2D eigenvalue weighted by molar-refractivity contribution is 0.0150. The largest absolute Gasteiger partial charge is 0.371 e. The summed E-state index contributed by atoms with van der Waals surface area (Å²) in [6.45, 7) is 1.81. The molecule has 1 aromatic carbocycles. The molecule has 2 heterocycles. The fourth-order valence-corrected chi connectivity index (χ4v) is 3.27. The van der Waals surface area contributed by atoms with Gasteiger partial charge in [0.2, 0.25) is 0 Å². The Labute approximate surface area is 134 Å². The molecule has 2 aromatic rings. The topological polar surface area (TPSA) is 41.6 Å². The van der Waals surface area contributed by atoms with Crippen LogP contribution in [-0.2, 0) is 24.3 Å². The van der Waals surface area contributed by atoms with Gasteiger partial charge in [-0.3, -0.25) is 0 Å². The van der Waals surface area contributed by atoms with Gasteiger partial charge in [-0.15, -0.1) is 11.3 Å². The molecule has 0 saturated heterocycles. The van der Waals surface area contributed by atoms with Gasteiger partial charge < -0.3 is 15.0 Å². The van der Waals surface area contributed by atoms with Crippen LogP contribution in [0.1, 0.15) is 16.0 Å². The van der Waals surface area contributed by atoms with Crippen LogP contribution < -0.4 is 5.32 Å². The summed E-state index contributed by atoms with van der Waals surface area (Å²) in [7, 11) is 1.81. The van der Waals surface area contributed by atoms with Gasteiger partial charge in [0, 0.05) is 24.9 Å². The van der Waals surface area contributed by atoms with Crippen LogP contribution in [-0.4, -0.2) is 30.6 Å². The number of thiophene rings is 1. The summed E-state index contributed by atoms with van der Waals surface area (Å²) in [5.41, 5.74) is 2.58. The Morgan fingerprint density at radius 2 is 2.14 bits per heavy atom. The van der Waals surface area contributed by atoms with E-state index in [4.69, 9.17) is 4.74 Å². The van der Waals surface area contributed by atoms with Crippen molar-refractivity contribution < 1.29 is 9.53 Å². The highest BCUT2D eigenvalue weighted by atomic mass is 32.1. The number of amides is 2. The average molecular weight is 316 g/mol. The fourth-order valence-electron chi connectivity index (χ4n) is 2.63. The van der Waals surface area contributed by atoms with Crippen molar-refractivity contribution >= 4 is 17.4 Å². The molecule has 1 aliphatic rings. The van der Waals surface area contributed by atoms with Gasteiger partial charge in [0.1, 0.15) is 0 Å². The number of carbonyl (C=O) groups excluding carboxylic acids is 1. The quantitative estimate of drug-likeness (QED) is 0.942. The van der Waals surface area contributed by atoms with E-state index in [2.05, 4.69) is 23.5 Å². The third-order valence-corrected chi connectivity index (χ3v) is 4.74. The zero-order valence-electron chi connectivity index (χ0n) is 12.6. The Morgan fingerprint density at radius 3 is 2.91 bits per heavy atom. The van der Waals surface area contributed by atoms with Gasteiger partial charge in [0.25, 0.3) is 0 Å². The second-order valence-electron chi connectivity index (χ2n) is 5.52. The van der Waals surface area contributed by atoms with Gasteiger partial charge in [-0.1, -0.05) is 30.3 Å². The molecule has 1 N–H and O–H groups in total. The number of hydrogen-bond donors (Lipinski definition) is 1. The maximum Gasteiger partial charge on any atom is 0.317 e. The van der Waals surface area contributed by atoms with Crippen molar-refractivity contribution in [1.29, 1.82) is 0 Å². The Morgan fingerprint density at radius 1 is 1.32 bits per heavy atom. The second kappa shape index (κ2) is 6.94. The number of likely N-dealkylation sites (N-methyl/N-ethyl adjacent to an activating group) is 1. The predicted molar refractivity (Wildman–Crippen MR) is 87.9 cm³/mol. The van der Waals surface area contributed by atoms with Gasteiger partial charge in [-0.2, -0.15) is 0 Å². The molecule has 116 valence electrons. The zero-order valence-corrected chi connectivity index (χ0v) is 13.4. The monoisotopic (exact) mass is 316 g/mol. The van der Waals surface area contributed by atoms with Gasteiger partial charge in [0.15, 0.2) is 0 Å². The van der Waals surface area contributed by atoms with E-state index in [0.717, 1.165) is 11.3 Å². The number of fused-ring (bicyclic) bond motifs is 1. The molecule has 1 unspecified atom stereocenters. The van der Waals surface area contributed by atoms with E-state index in [-0.39, 0.29) is 12.1 Å². The summed E-state index contributed by atoms with van der Waals surface area (Å²) < 4.78 is 5.86. The summed E-state index contributed by atoms with van der Waals surface area (Å²) in [4.78, 5) is 15.0. The Hall–Kier alpha value is -1.85. The van der Waals surface area contributed by atoms with E-state index in [1.54, 1.807) is 16.2 Å². The van der Waals surface area contributed by atoms with Crippen LogP contribution in [0.4, 0.5) is 4.79 Å². The molecule has 0 radical (unpaired) electrons. The molecule has 0 aliphatic carbocycles. The number of urea groups is 1. The van der Waals surface area contributed by atoms with Crippen molar-refractivity contribution in [3.8, 4) is 0 Å². The van der Waals surface area contributed by atoms with Crippen molar-refractivity contribution in [2.75, 3.05) is 13.6 Å². The van der Waals surface area contributed by atoms with E-state index in [9.17, 15) is 4.79 Å². The first-order valence-corrected chi connectivity index (χ1v) is 8.30. The fraction of sp³-hybridized carbons (Fsp3) is 0.353. The van der Waals surface area contributed by atoms with Crippen molar-refractivity contribution in [3.63, 3.8) is 0 Å². The summed E-state index contributed by atoms with van der Waals surface area (Å²) in [5, 5.41) is 4.95.